The molecule has 0 saturated heterocycles. The van der Waals surface area contributed by atoms with E-state index in [0.717, 1.165) is 51.6 Å². The van der Waals surface area contributed by atoms with Gasteiger partial charge in [-0.15, -0.1) is 5.10 Å². The zero-order valence-electron chi connectivity index (χ0n) is 21.7. The lowest BCUT2D eigenvalue weighted by molar-refractivity contribution is 0.166. The maximum absolute atomic E-state index is 13.7. The van der Waals surface area contributed by atoms with Crippen molar-refractivity contribution in [2.45, 2.75) is 31.3 Å². The van der Waals surface area contributed by atoms with Crippen molar-refractivity contribution in [2.24, 2.45) is 14.1 Å². The smallest absolute Gasteiger partial charge is 0.407 e. The average Bonchev–Trinajstić information content (AvgIpc) is 3.68. The number of imidazole rings is 1. The Morgan fingerprint density at radius 3 is 2.68 bits per heavy atom. The van der Waals surface area contributed by atoms with Crippen LogP contribution in [0.4, 0.5) is 4.79 Å². The van der Waals surface area contributed by atoms with Crippen LogP contribution >= 0.6 is 0 Å². The Labute approximate surface area is 218 Å². The number of rotatable bonds is 5. The number of aromatic amines is 1. The number of pyridine rings is 1. The third-order valence-corrected chi connectivity index (χ3v) is 7.47. The molecule has 1 fully saturated rings. The first-order valence-corrected chi connectivity index (χ1v) is 12.5. The molecule has 1 aliphatic carbocycles. The number of hydrogen-bond acceptors (Lipinski definition) is 6. The molecule has 0 radical (unpaired) electrons. The van der Waals surface area contributed by atoms with Crippen LogP contribution in [0.15, 0.2) is 47.5 Å². The van der Waals surface area contributed by atoms with E-state index < -0.39 is 6.09 Å². The second-order valence-corrected chi connectivity index (χ2v) is 9.69. The Kier molecular flexibility index (Phi) is 5.70. The highest BCUT2D eigenvalue weighted by Crippen LogP contribution is 2.44. The summed E-state index contributed by atoms with van der Waals surface area (Å²) in [4.78, 5) is 33.7. The van der Waals surface area contributed by atoms with Crippen LogP contribution in [0.1, 0.15) is 25.3 Å². The molecule has 0 aliphatic heterocycles. The largest absolute Gasteiger partial charge is 0.479 e. The summed E-state index contributed by atoms with van der Waals surface area (Å²) in [5, 5.41) is 8.21. The minimum Gasteiger partial charge on any atom is -0.479 e. The second kappa shape index (κ2) is 9.09. The van der Waals surface area contributed by atoms with Crippen molar-refractivity contribution >= 4 is 28.2 Å². The van der Waals surface area contributed by atoms with Crippen LogP contribution in [-0.2, 0) is 18.8 Å². The summed E-state index contributed by atoms with van der Waals surface area (Å²) in [7, 11) is 6.57. The Morgan fingerprint density at radius 2 is 1.95 bits per heavy atom. The molecule has 1 aliphatic rings. The lowest BCUT2D eigenvalue weighted by Crippen LogP contribution is -2.33. The predicted octanol–water partition coefficient (Wildman–Crippen LogP) is 3.74. The predicted molar refractivity (Wildman–Crippen MR) is 143 cm³/mol. The number of alkyl carbamates (subject to hydrolysis) is 1. The third kappa shape index (κ3) is 3.65. The number of ether oxygens (including phenoxy) is 2. The van der Waals surface area contributed by atoms with Crippen molar-refractivity contribution in [3.63, 3.8) is 0 Å². The number of nitrogens with zero attached hydrogens (tertiary/aromatic N) is 5. The molecule has 4 heterocycles. The van der Waals surface area contributed by atoms with Crippen LogP contribution in [0.3, 0.4) is 0 Å². The fourth-order valence-corrected chi connectivity index (χ4v) is 5.75. The summed E-state index contributed by atoms with van der Waals surface area (Å²) in [5.74, 6) is 0.491. The normalized spacial score (nSPS) is 17.4. The summed E-state index contributed by atoms with van der Waals surface area (Å²) in [6.45, 7) is 0. The number of benzene rings is 1. The molecule has 196 valence electrons. The minimum atomic E-state index is -0.459. The lowest BCUT2D eigenvalue weighted by Gasteiger charge is -2.15. The highest BCUT2D eigenvalue weighted by atomic mass is 16.5. The van der Waals surface area contributed by atoms with Gasteiger partial charge in [0.1, 0.15) is 5.65 Å². The van der Waals surface area contributed by atoms with E-state index in [2.05, 4.69) is 15.4 Å². The van der Waals surface area contributed by atoms with Gasteiger partial charge in [-0.25, -0.2) is 14.6 Å². The van der Waals surface area contributed by atoms with Gasteiger partial charge in [0.2, 0.25) is 5.88 Å². The molecule has 38 heavy (non-hydrogen) atoms. The molecule has 2 N–H and O–H groups in total. The SMILES string of the molecule is COC(=O)N[C@@H]1CC[C@@H](n2c(=O)n(C)c3cnc4[nH]c(-c5cn(C)nc5OC)c(-c5ccccc5)c4c32)C1. The molecule has 4 aromatic heterocycles. The Bertz CT molecular complexity index is 1730. The number of carbonyl (C=O) groups is 1. The van der Waals surface area contributed by atoms with E-state index in [0.29, 0.717) is 17.9 Å². The van der Waals surface area contributed by atoms with Gasteiger partial charge in [-0.1, -0.05) is 30.3 Å². The Hall–Kier alpha value is -4.54. The number of H-pyrrole nitrogens is 1. The lowest BCUT2D eigenvalue weighted by atomic mass is 9.99. The molecule has 2 atom stereocenters. The van der Waals surface area contributed by atoms with E-state index in [9.17, 15) is 9.59 Å². The van der Waals surface area contributed by atoms with Crippen LogP contribution in [0.25, 0.3) is 44.5 Å². The van der Waals surface area contributed by atoms with Gasteiger partial charge in [-0.3, -0.25) is 13.8 Å². The molecule has 0 spiro atoms. The first-order chi connectivity index (χ1) is 18.4. The molecule has 5 aromatic rings. The third-order valence-electron chi connectivity index (χ3n) is 7.47. The zero-order chi connectivity index (χ0) is 26.6. The first kappa shape index (κ1) is 23.8. The summed E-state index contributed by atoms with van der Waals surface area (Å²) < 4.78 is 15.6. The van der Waals surface area contributed by atoms with E-state index in [1.165, 1.54) is 7.11 Å². The molecule has 0 unspecified atom stereocenters. The zero-order valence-corrected chi connectivity index (χ0v) is 21.7. The number of aromatic nitrogens is 6. The highest BCUT2D eigenvalue weighted by molar-refractivity contribution is 6.14. The number of nitrogens with one attached hydrogen (secondary N) is 2. The standard InChI is InChI=1S/C27H29N7O4/c1-32-14-18(25(31-32)37-3)22-20(15-8-6-5-7-9-15)21-23-19(13-28-24(21)30-22)33(2)27(36)34(23)17-11-10-16(12-17)29-26(35)38-4/h5-9,13-14,16-17H,10-12H2,1-4H3,(H,28,30)(H,29,35)/t16-,17-/m1/s1. The van der Waals surface area contributed by atoms with Crippen LogP contribution in [0, 0.1) is 0 Å². The first-order valence-electron chi connectivity index (χ1n) is 12.5. The summed E-state index contributed by atoms with van der Waals surface area (Å²) in [5.41, 5.74) is 5.63. The summed E-state index contributed by atoms with van der Waals surface area (Å²) >= 11 is 0. The van der Waals surface area contributed by atoms with Gasteiger partial charge < -0.3 is 19.8 Å². The molecule has 11 heteroatoms. The number of hydrogen-bond donors (Lipinski definition) is 2. The molecule has 1 aromatic carbocycles. The molecule has 1 saturated carbocycles. The van der Waals surface area contributed by atoms with Gasteiger partial charge in [0.05, 0.1) is 48.1 Å². The highest BCUT2D eigenvalue weighted by Gasteiger charge is 2.32. The van der Waals surface area contributed by atoms with Crippen LogP contribution < -0.4 is 15.7 Å². The number of carbonyl (C=O) groups excluding carboxylic acids is 1. The van der Waals surface area contributed by atoms with E-state index in [1.807, 2.05) is 48.1 Å². The maximum atomic E-state index is 13.7. The minimum absolute atomic E-state index is 0.0676. The van der Waals surface area contributed by atoms with E-state index in [1.54, 1.807) is 29.6 Å². The topological polar surface area (TPSA) is 121 Å². The van der Waals surface area contributed by atoms with E-state index in [4.69, 9.17) is 14.5 Å². The van der Waals surface area contributed by atoms with Crippen LogP contribution in [-0.4, -0.2) is 55.2 Å². The summed E-state index contributed by atoms with van der Waals surface area (Å²) in [6, 6.07) is 9.89. The number of methoxy groups -OCH3 is 2. The maximum Gasteiger partial charge on any atom is 0.407 e. The number of amides is 1. The fraction of sp³-hybridized carbons (Fsp3) is 0.333. The monoisotopic (exact) mass is 515 g/mol. The van der Waals surface area contributed by atoms with Crippen LogP contribution in [0.2, 0.25) is 0 Å². The number of fused-ring (bicyclic) bond motifs is 3. The van der Waals surface area contributed by atoms with Gasteiger partial charge in [-0.05, 0) is 24.8 Å². The van der Waals surface area contributed by atoms with Crippen molar-refractivity contribution in [3.8, 4) is 28.3 Å². The molecular weight excluding hydrogens is 486 g/mol. The van der Waals surface area contributed by atoms with Crippen LogP contribution in [0.5, 0.6) is 5.88 Å². The molecular formula is C27H29N7O4. The van der Waals surface area contributed by atoms with Crippen molar-refractivity contribution in [3.05, 3.63) is 53.2 Å². The van der Waals surface area contributed by atoms with Crippen molar-refractivity contribution in [1.29, 1.82) is 0 Å². The quantitative estimate of drug-likeness (QED) is 0.368. The van der Waals surface area contributed by atoms with Gasteiger partial charge in [0.15, 0.2) is 0 Å². The Morgan fingerprint density at radius 1 is 1.16 bits per heavy atom. The summed E-state index contributed by atoms with van der Waals surface area (Å²) in [6.07, 6.45) is 5.33. The number of aryl methyl sites for hydroxylation is 2. The Balaban J connectivity index is 1.64. The molecule has 0 bridgehead atoms. The van der Waals surface area contributed by atoms with E-state index in [-0.39, 0.29) is 17.8 Å². The van der Waals surface area contributed by atoms with Gasteiger partial charge in [0, 0.05) is 37.9 Å². The van der Waals surface area contributed by atoms with Gasteiger partial charge >= 0.3 is 11.8 Å². The van der Waals surface area contributed by atoms with Crippen molar-refractivity contribution in [2.75, 3.05) is 14.2 Å². The van der Waals surface area contributed by atoms with Crippen molar-refractivity contribution in [1.82, 2.24) is 34.2 Å². The molecule has 11 nitrogen and oxygen atoms in total. The molecule has 6 rings (SSSR count). The second-order valence-electron chi connectivity index (χ2n) is 9.69. The average molecular weight is 516 g/mol. The van der Waals surface area contributed by atoms with Gasteiger partial charge in [-0.2, -0.15) is 0 Å². The van der Waals surface area contributed by atoms with Gasteiger partial charge in [0.25, 0.3) is 0 Å². The van der Waals surface area contributed by atoms with E-state index >= 15 is 0 Å². The van der Waals surface area contributed by atoms with Crippen molar-refractivity contribution < 1.29 is 14.3 Å². The fourth-order valence-electron chi connectivity index (χ4n) is 5.75. The molecule has 1 amide bonds.